The molecule has 1 spiro atoms. The summed E-state index contributed by atoms with van der Waals surface area (Å²) in [6.45, 7) is 2.87. The lowest BCUT2D eigenvalue weighted by molar-refractivity contribution is -0.183. The maximum Gasteiger partial charge on any atom is 0.329 e. The van der Waals surface area contributed by atoms with E-state index in [1.165, 1.54) is 12.0 Å². The van der Waals surface area contributed by atoms with Crippen LogP contribution in [0.1, 0.15) is 68.6 Å². The van der Waals surface area contributed by atoms with Gasteiger partial charge in [0.15, 0.2) is 0 Å². The highest BCUT2D eigenvalue weighted by molar-refractivity contribution is 6.16. The minimum Gasteiger partial charge on any atom is -0.467 e. The standard InChI is InChI=1S/C25H31N3O5/c1-3-4-15-27-21(30)17-9-5-6-10-18(17)28-19(29)11-14-25(27,28)23(32)26-16-24(12-7-8-13-24)20(26)22(31)33-2/h5-6,9-10,20H,3-4,7-8,11-16H2,1-2H3. The summed E-state index contributed by atoms with van der Waals surface area (Å²) < 4.78 is 5.11. The van der Waals surface area contributed by atoms with Gasteiger partial charge in [-0.3, -0.25) is 19.3 Å². The van der Waals surface area contributed by atoms with Gasteiger partial charge in [-0.2, -0.15) is 0 Å². The van der Waals surface area contributed by atoms with Crippen molar-refractivity contribution in [2.24, 2.45) is 5.41 Å². The van der Waals surface area contributed by atoms with Gasteiger partial charge in [-0.15, -0.1) is 0 Å². The van der Waals surface area contributed by atoms with Gasteiger partial charge in [0.25, 0.3) is 11.8 Å². The number of likely N-dealkylation sites (tertiary alicyclic amines) is 1. The number of hydrogen-bond donors (Lipinski definition) is 0. The van der Waals surface area contributed by atoms with Crippen molar-refractivity contribution in [3.8, 4) is 0 Å². The van der Waals surface area contributed by atoms with E-state index in [1.54, 1.807) is 34.1 Å². The number of rotatable bonds is 5. The number of unbranched alkanes of at least 4 members (excludes halogenated alkanes) is 1. The van der Waals surface area contributed by atoms with Crippen molar-refractivity contribution in [2.45, 2.75) is 70.0 Å². The Balaban J connectivity index is 1.61. The van der Waals surface area contributed by atoms with Gasteiger partial charge >= 0.3 is 5.97 Å². The van der Waals surface area contributed by atoms with Gasteiger partial charge < -0.3 is 14.5 Å². The van der Waals surface area contributed by atoms with Gasteiger partial charge in [0, 0.05) is 31.3 Å². The molecule has 3 amide bonds. The zero-order chi connectivity index (χ0) is 23.4. The maximum atomic E-state index is 14.4. The lowest BCUT2D eigenvalue weighted by Crippen LogP contribution is -2.77. The number of carbonyl (C=O) groups is 4. The summed E-state index contributed by atoms with van der Waals surface area (Å²) >= 11 is 0. The Hall–Kier alpha value is -2.90. The van der Waals surface area contributed by atoms with Crippen LogP contribution in [0.4, 0.5) is 5.69 Å². The van der Waals surface area contributed by atoms with Gasteiger partial charge in [-0.25, -0.2) is 4.79 Å². The van der Waals surface area contributed by atoms with E-state index in [-0.39, 0.29) is 36.0 Å². The fraction of sp³-hybridized carbons (Fsp3) is 0.600. The molecule has 0 aromatic heterocycles. The minimum atomic E-state index is -1.43. The van der Waals surface area contributed by atoms with Crippen molar-refractivity contribution < 1.29 is 23.9 Å². The summed E-state index contributed by atoms with van der Waals surface area (Å²) in [5, 5.41) is 0. The highest BCUT2D eigenvalue weighted by Gasteiger charge is 2.67. The normalized spacial score (nSPS) is 27.5. The van der Waals surface area contributed by atoms with Crippen molar-refractivity contribution in [3.63, 3.8) is 0 Å². The summed E-state index contributed by atoms with van der Waals surface area (Å²) in [4.78, 5) is 58.8. The van der Waals surface area contributed by atoms with E-state index in [0.717, 1.165) is 38.5 Å². The van der Waals surface area contributed by atoms with Crippen molar-refractivity contribution in [1.29, 1.82) is 0 Å². The van der Waals surface area contributed by atoms with Crippen LogP contribution in [0, 0.1) is 5.41 Å². The van der Waals surface area contributed by atoms with Crippen LogP contribution in [0.2, 0.25) is 0 Å². The Morgan fingerprint density at radius 2 is 1.85 bits per heavy atom. The Morgan fingerprint density at radius 1 is 1.12 bits per heavy atom. The molecule has 0 bridgehead atoms. The predicted molar refractivity (Wildman–Crippen MR) is 120 cm³/mol. The quantitative estimate of drug-likeness (QED) is 0.640. The number of anilines is 1. The van der Waals surface area contributed by atoms with Crippen LogP contribution in [-0.4, -0.2) is 65.4 Å². The lowest BCUT2D eigenvalue weighted by Gasteiger charge is -2.58. The summed E-state index contributed by atoms with van der Waals surface area (Å²) in [6, 6.07) is 6.34. The summed E-state index contributed by atoms with van der Waals surface area (Å²) in [7, 11) is 1.35. The molecule has 3 heterocycles. The average Bonchev–Trinajstić information content (AvgIpc) is 3.44. The van der Waals surface area contributed by atoms with Gasteiger partial charge in [-0.05, 0) is 31.4 Å². The number of hydrogen-bond acceptors (Lipinski definition) is 5. The molecule has 2 unspecified atom stereocenters. The van der Waals surface area contributed by atoms with Crippen LogP contribution in [0.25, 0.3) is 0 Å². The fourth-order valence-electron chi connectivity index (χ4n) is 6.54. The van der Waals surface area contributed by atoms with Crippen LogP contribution in [0.5, 0.6) is 0 Å². The number of para-hydroxylation sites is 1. The van der Waals surface area contributed by atoms with Crippen LogP contribution in [0.15, 0.2) is 24.3 Å². The highest BCUT2D eigenvalue weighted by atomic mass is 16.5. The molecule has 8 nitrogen and oxygen atoms in total. The lowest BCUT2D eigenvalue weighted by atomic mass is 9.69. The molecule has 3 fully saturated rings. The van der Waals surface area contributed by atoms with Crippen molar-refractivity contribution in [3.05, 3.63) is 29.8 Å². The molecule has 2 atom stereocenters. The molecule has 2 saturated heterocycles. The van der Waals surface area contributed by atoms with Gasteiger partial charge in [-0.1, -0.05) is 38.3 Å². The molecule has 3 aliphatic heterocycles. The molecular formula is C25H31N3O5. The highest BCUT2D eigenvalue weighted by Crippen LogP contribution is 2.54. The van der Waals surface area contributed by atoms with Crippen molar-refractivity contribution >= 4 is 29.4 Å². The number of benzene rings is 1. The molecular weight excluding hydrogens is 422 g/mol. The molecule has 4 aliphatic rings. The first-order valence-corrected chi connectivity index (χ1v) is 12.0. The second-order valence-electron chi connectivity index (χ2n) is 9.80. The first-order chi connectivity index (χ1) is 15.9. The number of nitrogens with zero attached hydrogens (tertiary/aromatic N) is 3. The first kappa shape index (κ1) is 21.9. The maximum absolute atomic E-state index is 14.4. The molecule has 1 aliphatic carbocycles. The molecule has 1 aromatic carbocycles. The Morgan fingerprint density at radius 3 is 2.55 bits per heavy atom. The van der Waals surface area contributed by atoms with E-state index >= 15 is 0 Å². The minimum absolute atomic E-state index is 0.171. The Kier molecular flexibility index (Phi) is 5.21. The molecule has 33 heavy (non-hydrogen) atoms. The summed E-state index contributed by atoms with van der Waals surface area (Å²) in [5.74, 6) is -1.15. The zero-order valence-electron chi connectivity index (χ0n) is 19.3. The number of carbonyl (C=O) groups excluding carboxylic acids is 4. The third-order valence-corrected chi connectivity index (χ3v) is 8.11. The van der Waals surface area contributed by atoms with Crippen molar-refractivity contribution in [2.75, 3.05) is 25.1 Å². The van der Waals surface area contributed by atoms with Crippen LogP contribution >= 0.6 is 0 Å². The first-order valence-electron chi connectivity index (χ1n) is 12.0. The number of fused-ring (bicyclic) bond motifs is 3. The van der Waals surface area contributed by atoms with E-state index in [9.17, 15) is 19.2 Å². The largest absolute Gasteiger partial charge is 0.467 e. The molecule has 1 aromatic rings. The van der Waals surface area contributed by atoms with E-state index in [1.807, 2.05) is 6.92 Å². The smallest absolute Gasteiger partial charge is 0.329 e. The molecule has 0 N–H and O–H groups in total. The topological polar surface area (TPSA) is 87.2 Å². The number of esters is 1. The molecule has 176 valence electrons. The third kappa shape index (κ3) is 2.88. The number of ether oxygens (including phenoxy) is 1. The Bertz CT molecular complexity index is 1020. The van der Waals surface area contributed by atoms with Gasteiger partial charge in [0.1, 0.15) is 6.04 Å². The van der Waals surface area contributed by atoms with E-state index in [0.29, 0.717) is 24.3 Å². The van der Waals surface area contributed by atoms with Crippen molar-refractivity contribution in [1.82, 2.24) is 9.80 Å². The van der Waals surface area contributed by atoms with E-state index in [4.69, 9.17) is 4.74 Å². The Labute approximate surface area is 193 Å². The predicted octanol–water partition coefficient (Wildman–Crippen LogP) is 2.71. The SMILES string of the molecule is CCCCN1C(=O)c2ccccc2N2C(=O)CCC12C(=O)N1CC2(CCCC2)C1C(=O)OC. The average molecular weight is 454 g/mol. The van der Waals surface area contributed by atoms with Crippen LogP contribution < -0.4 is 4.90 Å². The van der Waals surface area contributed by atoms with Gasteiger partial charge in [0.05, 0.1) is 18.4 Å². The summed E-state index contributed by atoms with van der Waals surface area (Å²) in [5.41, 5.74) is -0.758. The second kappa shape index (κ2) is 7.85. The third-order valence-electron chi connectivity index (χ3n) is 8.11. The zero-order valence-corrected chi connectivity index (χ0v) is 19.3. The number of methoxy groups -OCH3 is 1. The monoisotopic (exact) mass is 453 g/mol. The molecule has 0 radical (unpaired) electrons. The van der Waals surface area contributed by atoms with Crippen LogP contribution in [-0.2, 0) is 19.1 Å². The van der Waals surface area contributed by atoms with Crippen LogP contribution in [0.3, 0.4) is 0 Å². The van der Waals surface area contributed by atoms with E-state index < -0.39 is 17.7 Å². The van der Waals surface area contributed by atoms with Gasteiger partial charge in [0.2, 0.25) is 11.6 Å². The molecule has 8 heteroatoms. The molecule has 1 saturated carbocycles. The summed E-state index contributed by atoms with van der Waals surface area (Å²) in [6.07, 6.45) is 5.79. The van der Waals surface area contributed by atoms with E-state index in [2.05, 4.69) is 0 Å². The second-order valence-corrected chi connectivity index (χ2v) is 9.80. The fourth-order valence-corrected chi connectivity index (χ4v) is 6.54. The molecule has 5 rings (SSSR count). The number of amides is 3.